The van der Waals surface area contributed by atoms with E-state index >= 15 is 0 Å². The molecule has 7 rings (SSSR count). The van der Waals surface area contributed by atoms with E-state index in [4.69, 9.17) is 18.0 Å². The summed E-state index contributed by atoms with van der Waals surface area (Å²) in [6.07, 6.45) is 8.24. The van der Waals surface area contributed by atoms with Crippen molar-refractivity contribution in [2.24, 2.45) is 5.41 Å². The largest absolute Gasteiger partial charge is 0.478 e. The first-order valence-electron chi connectivity index (χ1n) is 18.5. The van der Waals surface area contributed by atoms with Crippen LogP contribution in [0.1, 0.15) is 75.3 Å². The number of nitrogens with one attached hydrogen (secondary N) is 2. The predicted molar refractivity (Wildman–Crippen MR) is 214 cm³/mol. The summed E-state index contributed by atoms with van der Waals surface area (Å²) < 4.78 is 78.1. The number of carbonyl (C=O) groups excluding carboxylic acids is 1. The van der Waals surface area contributed by atoms with E-state index in [0.717, 1.165) is 24.0 Å². The molecular weight excluding hydrogens is 805 g/mol. The molecule has 0 spiro atoms. The summed E-state index contributed by atoms with van der Waals surface area (Å²) in [6.45, 7) is 2.77. The molecule has 1 aliphatic rings. The van der Waals surface area contributed by atoms with Crippen molar-refractivity contribution in [2.45, 2.75) is 58.3 Å². The Kier molecular flexibility index (Phi) is 12.1. The van der Waals surface area contributed by atoms with E-state index in [0.29, 0.717) is 39.4 Å². The van der Waals surface area contributed by atoms with Crippen molar-refractivity contribution in [3.05, 3.63) is 94.8 Å². The standard InChI is InChI=1S/C24H20F3N5O.C19H15F3N4O2/c1-3-17-13-32-19(12-30-22(32)21(31-17)29-9-8-24(25,26)27)16-4-5-18(15(2)10-16)20(33)11-23(14-28)6-7-23;1-3-13-10-26-15(12-4-5-14(18(27)28)11(2)8-12)9-24-17(26)16(25-13)23-7-6-19(20,21)22/h1,4-5,10,12-13H,6-9,11H2,2H3,(H,29,31);1,4-5,8-10H,6-7H2,2H3,(H,23,25)(H,27,28). The lowest BCUT2D eigenvalue weighted by atomic mass is 9.93. The number of ketones is 1. The highest BCUT2D eigenvalue weighted by atomic mass is 19.4. The van der Waals surface area contributed by atoms with Gasteiger partial charge in [0.2, 0.25) is 0 Å². The molecule has 6 aromatic rings. The molecule has 4 heterocycles. The van der Waals surface area contributed by atoms with Crippen LogP contribution in [-0.2, 0) is 0 Å². The highest BCUT2D eigenvalue weighted by Crippen LogP contribution is 2.49. The Morgan fingerprint density at radius 1 is 0.787 bits per heavy atom. The molecule has 12 nitrogen and oxygen atoms in total. The number of anilines is 2. The molecule has 4 aromatic heterocycles. The Bertz CT molecular complexity index is 2800. The van der Waals surface area contributed by atoms with Crippen LogP contribution < -0.4 is 10.6 Å². The maximum atomic E-state index is 12.7. The van der Waals surface area contributed by atoms with Crippen LogP contribution in [0.5, 0.6) is 0 Å². The van der Waals surface area contributed by atoms with Gasteiger partial charge >= 0.3 is 18.3 Å². The Balaban J connectivity index is 0.000000207. The molecule has 1 aliphatic carbocycles. The highest BCUT2D eigenvalue weighted by molar-refractivity contribution is 5.99. The minimum atomic E-state index is -4.29. The first kappa shape index (κ1) is 43.2. The fraction of sp³-hybridized carbons (Fsp3) is 0.279. The molecule has 3 N–H and O–H groups in total. The van der Waals surface area contributed by atoms with Gasteiger partial charge in [-0.3, -0.25) is 13.6 Å². The van der Waals surface area contributed by atoms with Crippen molar-refractivity contribution in [2.75, 3.05) is 23.7 Å². The molecular formula is C43H35F6N9O3. The van der Waals surface area contributed by atoms with Gasteiger partial charge in [0.25, 0.3) is 0 Å². The van der Waals surface area contributed by atoms with E-state index in [9.17, 15) is 41.2 Å². The number of alkyl halides is 6. The SMILES string of the molecule is C#Cc1cn2c(-c3ccc(C(=O)CC4(C#N)CC4)c(C)c3)cnc2c(NCCC(F)(F)F)n1.C#Cc1cn2c(-c3ccc(C(=O)O)c(C)c3)cnc2c(NCCC(F)(F)F)n1. The zero-order valence-electron chi connectivity index (χ0n) is 32.5. The molecule has 18 heteroatoms. The molecule has 0 aliphatic heterocycles. The number of carboxylic acid groups (broad SMARTS) is 1. The summed E-state index contributed by atoms with van der Waals surface area (Å²) in [5.41, 5.74) is 5.37. The zero-order chi connectivity index (χ0) is 44.3. The number of carboxylic acids is 1. The average Bonchev–Trinajstić information content (AvgIpc) is 3.61. The van der Waals surface area contributed by atoms with Gasteiger partial charge in [0, 0.05) is 48.6 Å². The third-order valence-corrected chi connectivity index (χ3v) is 9.85. The van der Waals surface area contributed by atoms with Gasteiger partial charge in [-0.25, -0.2) is 24.7 Å². The molecule has 0 radical (unpaired) electrons. The smallest absolute Gasteiger partial charge is 0.390 e. The lowest BCUT2D eigenvalue weighted by Gasteiger charge is -2.12. The minimum Gasteiger partial charge on any atom is -0.478 e. The van der Waals surface area contributed by atoms with E-state index in [1.165, 1.54) is 12.3 Å². The van der Waals surface area contributed by atoms with Crippen molar-refractivity contribution in [1.82, 2.24) is 28.7 Å². The van der Waals surface area contributed by atoms with Gasteiger partial charge in [-0.1, -0.05) is 18.2 Å². The number of nitrogens with zero attached hydrogens (tertiary/aromatic N) is 7. The van der Waals surface area contributed by atoms with Gasteiger partial charge in [-0.05, 0) is 67.9 Å². The van der Waals surface area contributed by atoms with Crippen molar-refractivity contribution in [3.8, 4) is 53.3 Å². The van der Waals surface area contributed by atoms with Crippen LogP contribution in [0.4, 0.5) is 38.0 Å². The number of terminal acetylenes is 2. The Hall–Kier alpha value is -7.39. The first-order chi connectivity index (χ1) is 28.8. The van der Waals surface area contributed by atoms with E-state index in [1.807, 2.05) is 13.0 Å². The number of aromatic nitrogens is 6. The zero-order valence-corrected chi connectivity index (χ0v) is 32.5. The number of aromatic carboxylic acids is 1. The van der Waals surface area contributed by atoms with Crippen LogP contribution in [0.15, 0.2) is 61.2 Å². The molecule has 312 valence electrons. The van der Waals surface area contributed by atoms with Crippen molar-refractivity contribution in [1.29, 1.82) is 5.26 Å². The highest BCUT2D eigenvalue weighted by Gasteiger charge is 2.45. The topological polar surface area (TPSA) is 163 Å². The van der Waals surface area contributed by atoms with Crippen LogP contribution in [0, 0.1) is 55.3 Å². The van der Waals surface area contributed by atoms with Crippen LogP contribution in [0.3, 0.4) is 0 Å². The second-order valence-electron chi connectivity index (χ2n) is 14.4. The number of hydrogen-bond acceptors (Lipinski definition) is 9. The summed E-state index contributed by atoms with van der Waals surface area (Å²) in [4.78, 5) is 40.8. The van der Waals surface area contributed by atoms with Crippen molar-refractivity contribution in [3.63, 3.8) is 0 Å². The first-order valence-corrected chi connectivity index (χ1v) is 18.5. The number of aryl methyl sites for hydroxylation is 2. The van der Waals surface area contributed by atoms with E-state index in [2.05, 4.69) is 48.5 Å². The molecule has 1 fully saturated rings. The predicted octanol–water partition coefficient (Wildman–Crippen LogP) is 8.68. The summed E-state index contributed by atoms with van der Waals surface area (Å²) >= 11 is 0. The maximum Gasteiger partial charge on any atom is 0.390 e. The van der Waals surface area contributed by atoms with Gasteiger partial charge in [-0.15, -0.1) is 12.8 Å². The number of imidazole rings is 2. The Labute approximate surface area is 344 Å². The average molecular weight is 840 g/mol. The fourth-order valence-corrected chi connectivity index (χ4v) is 6.51. The molecule has 0 saturated heterocycles. The number of benzene rings is 2. The summed E-state index contributed by atoms with van der Waals surface area (Å²) in [7, 11) is 0. The third-order valence-electron chi connectivity index (χ3n) is 9.85. The molecule has 1 saturated carbocycles. The molecule has 0 atom stereocenters. The molecule has 0 bridgehead atoms. The van der Waals surface area contributed by atoms with Crippen LogP contribution in [0.25, 0.3) is 33.8 Å². The van der Waals surface area contributed by atoms with Crippen molar-refractivity contribution < 1.29 is 41.0 Å². The van der Waals surface area contributed by atoms with Gasteiger partial charge in [0.05, 0.1) is 53.7 Å². The quantitative estimate of drug-likeness (QED) is 0.0618. The number of fused-ring (bicyclic) bond motifs is 2. The van der Waals surface area contributed by atoms with Crippen molar-refractivity contribution >= 4 is 34.7 Å². The lowest BCUT2D eigenvalue weighted by molar-refractivity contribution is -0.132. The number of hydrogen-bond donors (Lipinski definition) is 3. The van der Waals surface area contributed by atoms with Crippen LogP contribution in [-0.4, -0.2) is 71.0 Å². The minimum absolute atomic E-state index is 0.0637. The Morgan fingerprint density at radius 2 is 1.23 bits per heavy atom. The van der Waals surface area contributed by atoms with E-state index in [-0.39, 0.29) is 53.9 Å². The second-order valence-corrected chi connectivity index (χ2v) is 14.4. The van der Waals surface area contributed by atoms with Gasteiger partial charge in [-0.2, -0.15) is 31.6 Å². The number of Topliss-reactive ketones (excluding diaryl/α,β-unsaturated/α-hetero) is 1. The lowest BCUT2D eigenvalue weighted by Crippen LogP contribution is -2.16. The third kappa shape index (κ3) is 10.1. The summed E-state index contributed by atoms with van der Waals surface area (Å²) in [6, 6.07) is 12.4. The second kappa shape index (κ2) is 17.1. The number of halogens is 6. The molecule has 2 aromatic carbocycles. The van der Waals surface area contributed by atoms with Crippen LogP contribution >= 0.6 is 0 Å². The monoisotopic (exact) mass is 839 g/mol. The number of carbonyl (C=O) groups is 2. The molecule has 0 unspecified atom stereocenters. The maximum absolute atomic E-state index is 12.7. The normalized spacial score (nSPS) is 13.1. The van der Waals surface area contributed by atoms with Gasteiger partial charge in [0.1, 0.15) is 11.4 Å². The summed E-state index contributed by atoms with van der Waals surface area (Å²) in [5, 5.41) is 23.7. The molecule has 0 amide bonds. The van der Waals surface area contributed by atoms with Gasteiger partial charge in [0.15, 0.2) is 28.7 Å². The van der Waals surface area contributed by atoms with Gasteiger partial charge < -0.3 is 15.7 Å². The number of nitriles is 1. The Morgan fingerprint density at radius 3 is 1.59 bits per heavy atom. The molecule has 61 heavy (non-hydrogen) atoms. The number of rotatable bonds is 12. The summed E-state index contributed by atoms with van der Waals surface area (Å²) in [5.74, 6) is 3.99. The fourth-order valence-electron chi connectivity index (χ4n) is 6.51. The van der Waals surface area contributed by atoms with E-state index in [1.54, 1.807) is 58.6 Å². The van der Waals surface area contributed by atoms with Crippen LogP contribution in [0.2, 0.25) is 0 Å². The van der Waals surface area contributed by atoms with E-state index < -0.39 is 36.6 Å².